The van der Waals surface area contributed by atoms with Gasteiger partial charge < -0.3 is 24.6 Å². The highest BCUT2D eigenvalue weighted by Crippen LogP contribution is 2.75. The summed E-state index contributed by atoms with van der Waals surface area (Å²) in [6.07, 6.45) is 13.8. The number of nitrogens with one attached hydrogen (secondary N) is 1. The average Bonchev–Trinajstić information content (AvgIpc) is 3.59. The molecule has 7 rings (SSSR count). The number of aliphatic carboxylic acids is 1. The molecule has 1 aromatic rings. The Bertz CT molecular complexity index is 1390. The highest BCUT2D eigenvalue weighted by molar-refractivity contribution is 5.73. The molecule has 3 saturated carbocycles. The maximum Gasteiger partial charge on any atom is 0.307 e. The lowest BCUT2D eigenvalue weighted by Gasteiger charge is -2.71. The van der Waals surface area contributed by atoms with Crippen LogP contribution < -0.4 is 5.32 Å². The molecular weight excluding hydrogens is 604 g/mol. The van der Waals surface area contributed by atoms with Gasteiger partial charge in [-0.3, -0.25) is 4.79 Å². The van der Waals surface area contributed by atoms with E-state index in [9.17, 15) is 9.90 Å². The molecule has 0 aromatic carbocycles. The first kappa shape index (κ1) is 34.6. The van der Waals surface area contributed by atoms with Crippen LogP contribution in [0.2, 0.25) is 0 Å². The molecule has 1 aromatic heterocycles. The number of hydrogen-bond acceptors (Lipinski definition) is 7. The van der Waals surface area contributed by atoms with Crippen LogP contribution >= 0.6 is 0 Å². The number of carboxylic acids is 1. The van der Waals surface area contributed by atoms with Gasteiger partial charge in [-0.2, -0.15) is 5.10 Å². The highest BCUT2D eigenvalue weighted by Gasteiger charge is 2.72. The minimum atomic E-state index is -0.608. The fourth-order valence-corrected chi connectivity index (χ4v) is 13.0. The number of carboxylic acid groups (broad SMARTS) is 1. The average molecular weight is 667 g/mol. The number of fused-ring (bicyclic) bond motifs is 3. The normalized spacial score (nSPS) is 45.8. The van der Waals surface area contributed by atoms with Gasteiger partial charge in [-0.25, -0.2) is 9.67 Å². The van der Waals surface area contributed by atoms with Gasteiger partial charge >= 0.3 is 5.97 Å². The summed E-state index contributed by atoms with van der Waals surface area (Å²) in [5.41, 5.74) is 0.420. The van der Waals surface area contributed by atoms with Crippen molar-refractivity contribution in [2.45, 2.75) is 118 Å². The summed E-state index contributed by atoms with van der Waals surface area (Å²) in [7, 11) is 2.05. The van der Waals surface area contributed by atoms with Crippen molar-refractivity contribution in [3.63, 3.8) is 0 Å². The first-order valence-corrected chi connectivity index (χ1v) is 18.9. The van der Waals surface area contributed by atoms with Crippen LogP contribution in [0.15, 0.2) is 24.3 Å². The lowest BCUT2D eigenvalue weighted by atomic mass is 9.34. The van der Waals surface area contributed by atoms with Crippen molar-refractivity contribution < 1.29 is 24.1 Å². The molecule has 2 N–H and O–H groups in total. The topological polar surface area (TPSA) is 108 Å². The van der Waals surface area contributed by atoms with E-state index in [1.807, 2.05) is 6.33 Å². The number of aromatic nitrogens is 3. The summed E-state index contributed by atoms with van der Waals surface area (Å²) in [4.78, 5) is 17.9. The van der Waals surface area contributed by atoms with E-state index >= 15 is 0 Å². The van der Waals surface area contributed by atoms with Gasteiger partial charge in [-0.1, -0.05) is 60.1 Å². The van der Waals surface area contributed by atoms with Gasteiger partial charge in [-0.15, -0.1) is 0 Å². The van der Waals surface area contributed by atoms with Crippen molar-refractivity contribution in [2.24, 2.45) is 56.7 Å². The minimum Gasteiger partial charge on any atom is -0.481 e. The molecule has 4 aliphatic carbocycles. The third-order valence-corrected chi connectivity index (χ3v) is 16.4. The van der Waals surface area contributed by atoms with Crippen molar-refractivity contribution in [3.8, 4) is 0 Å². The number of ether oxygens (including phenoxy) is 3. The van der Waals surface area contributed by atoms with E-state index in [4.69, 9.17) is 19.3 Å². The van der Waals surface area contributed by atoms with Gasteiger partial charge in [-0.05, 0) is 98.3 Å². The molecule has 2 bridgehead atoms. The maximum absolute atomic E-state index is 13.5. The SMILES string of the molecule is CNC1(CO[C@H]2[C@H](n3cncn3)CC34COC[C@@]2(C)[C@@H]3CC[C@H]2C4=CC[C@@]3(C)[C@H](C(=O)O)[C@@](C)([C@H](C)C(C)C)CC[C@]23C)CCOCC1. The van der Waals surface area contributed by atoms with Crippen molar-refractivity contribution in [1.82, 2.24) is 20.1 Å². The molecule has 6 aliphatic rings. The van der Waals surface area contributed by atoms with E-state index in [0.717, 1.165) is 64.6 Å². The van der Waals surface area contributed by atoms with E-state index < -0.39 is 11.9 Å². The van der Waals surface area contributed by atoms with Crippen LogP contribution in [0.1, 0.15) is 106 Å². The molecule has 0 amide bonds. The van der Waals surface area contributed by atoms with E-state index in [2.05, 4.69) is 76.6 Å². The Labute approximate surface area is 288 Å². The van der Waals surface area contributed by atoms with E-state index in [-0.39, 0.29) is 44.8 Å². The Kier molecular flexibility index (Phi) is 8.57. The highest BCUT2D eigenvalue weighted by atomic mass is 16.5. The quantitative estimate of drug-likeness (QED) is 0.301. The fraction of sp³-hybridized carbons (Fsp3) is 0.872. The Morgan fingerprint density at radius 2 is 1.81 bits per heavy atom. The molecule has 9 nitrogen and oxygen atoms in total. The van der Waals surface area contributed by atoms with Crippen molar-refractivity contribution in [3.05, 3.63) is 24.3 Å². The fourth-order valence-electron chi connectivity index (χ4n) is 13.0. The van der Waals surface area contributed by atoms with Crippen LogP contribution in [0.5, 0.6) is 0 Å². The summed E-state index contributed by atoms with van der Waals surface area (Å²) in [6.45, 7) is 19.8. The van der Waals surface area contributed by atoms with Gasteiger partial charge in [0.2, 0.25) is 0 Å². The summed E-state index contributed by atoms with van der Waals surface area (Å²) in [5.74, 6) is 0.523. The van der Waals surface area contributed by atoms with Crippen LogP contribution in [0, 0.1) is 56.7 Å². The number of likely N-dealkylation sites (N-methyl/N-ethyl adjacent to an activating group) is 1. The first-order chi connectivity index (χ1) is 22.7. The van der Waals surface area contributed by atoms with Crippen molar-refractivity contribution >= 4 is 5.97 Å². The number of carbonyl (C=O) groups is 1. The van der Waals surface area contributed by atoms with Crippen LogP contribution in [0.4, 0.5) is 0 Å². The smallest absolute Gasteiger partial charge is 0.307 e. The third kappa shape index (κ3) is 4.72. The second kappa shape index (κ2) is 11.9. The minimum absolute atomic E-state index is 0.0282. The van der Waals surface area contributed by atoms with Crippen molar-refractivity contribution in [1.29, 1.82) is 0 Å². The summed E-state index contributed by atoms with van der Waals surface area (Å²) >= 11 is 0. The lowest BCUT2D eigenvalue weighted by Crippen LogP contribution is -2.69. The summed E-state index contributed by atoms with van der Waals surface area (Å²) in [5, 5.41) is 19.4. The lowest BCUT2D eigenvalue weighted by molar-refractivity contribution is -0.253. The Morgan fingerprint density at radius 1 is 1.06 bits per heavy atom. The molecule has 2 saturated heterocycles. The van der Waals surface area contributed by atoms with Gasteiger partial charge in [0, 0.05) is 29.6 Å². The first-order valence-electron chi connectivity index (χ1n) is 18.9. The summed E-state index contributed by atoms with van der Waals surface area (Å²) < 4.78 is 21.7. The molecular formula is C39H62N4O5. The zero-order chi connectivity index (χ0) is 34.3. The Morgan fingerprint density at radius 3 is 2.46 bits per heavy atom. The molecule has 1 unspecified atom stereocenters. The largest absolute Gasteiger partial charge is 0.481 e. The Balaban J connectivity index is 1.28. The van der Waals surface area contributed by atoms with Gasteiger partial charge in [0.1, 0.15) is 12.7 Å². The van der Waals surface area contributed by atoms with Gasteiger partial charge in [0.05, 0.1) is 37.9 Å². The van der Waals surface area contributed by atoms with Crippen LogP contribution in [0.25, 0.3) is 0 Å². The molecule has 0 radical (unpaired) electrons. The molecule has 11 atom stereocenters. The molecule has 2 aliphatic heterocycles. The standard InChI is InChI=1S/C39H62N4O5/c1-25(2)26(3)34(4)13-14-36(6)27-9-10-30-35(5)20-47-22-39(30,28(27)11-12-37(36,7)31(34)33(44)45)19-29(43-24-41-23-42-43)32(35)48-21-38(40-8)15-17-46-18-16-38/h11,23-27,29-32,40H,9-10,12-22H2,1-8H3,(H,44,45)/t26-,27+,29-,30+,31-,32+,34-,35+,36-,37+,39?/m1/s1. The van der Waals surface area contributed by atoms with E-state index in [1.54, 1.807) is 11.9 Å². The second-order valence-corrected chi connectivity index (χ2v) is 18.4. The molecule has 48 heavy (non-hydrogen) atoms. The van der Waals surface area contributed by atoms with Crippen LogP contribution in [-0.2, 0) is 19.0 Å². The molecule has 0 spiro atoms. The number of nitrogens with zero attached hydrogens (tertiary/aromatic N) is 3. The maximum atomic E-state index is 13.5. The second-order valence-electron chi connectivity index (χ2n) is 18.4. The monoisotopic (exact) mass is 666 g/mol. The molecule has 5 fully saturated rings. The molecule has 3 heterocycles. The molecule has 268 valence electrons. The number of allylic oxidation sites excluding steroid dienone is 1. The number of rotatable bonds is 8. The van der Waals surface area contributed by atoms with Gasteiger partial charge in [0.15, 0.2) is 0 Å². The summed E-state index contributed by atoms with van der Waals surface area (Å²) in [6, 6.07) is 0.0282. The molecule has 9 heteroatoms. The zero-order valence-electron chi connectivity index (χ0n) is 30.9. The van der Waals surface area contributed by atoms with Gasteiger partial charge in [0.25, 0.3) is 0 Å². The van der Waals surface area contributed by atoms with E-state index in [0.29, 0.717) is 43.5 Å². The van der Waals surface area contributed by atoms with Crippen molar-refractivity contribution in [2.75, 3.05) is 40.1 Å². The van der Waals surface area contributed by atoms with Crippen LogP contribution in [0.3, 0.4) is 0 Å². The van der Waals surface area contributed by atoms with E-state index in [1.165, 1.54) is 0 Å². The zero-order valence-corrected chi connectivity index (χ0v) is 30.9. The number of hydrogen-bond donors (Lipinski definition) is 2. The third-order valence-electron chi connectivity index (χ3n) is 16.4. The predicted octanol–water partition coefficient (Wildman–Crippen LogP) is 6.56. The van der Waals surface area contributed by atoms with Crippen LogP contribution in [-0.4, -0.2) is 77.6 Å². The predicted molar refractivity (Wildman–Crippen MR) is 184 cm³/mol. The Hall–Kier alpha value is -1.81.